The first-order valence-electron chi connectivity index (χ1n) is 12.6. The van der Waals surface area contributed by atoms with E-state index >= 15 is 0 Å². The molecule has 2 aliphatic rings. The zero-order chi connectivity index (χ0) is 23.5. The highest BCUT2D eigenvalue weighted by atomic mass is 16.5. The Bertz CT molecular complexity index is 1080. The van der Waals surface area contributed by atoms with Crippen molar-refractivity contribution in [3.63, 3.8) is 0 Å². The number of ketones is 1. The summed E-state index contributed by atoms with van der Waals surface area (Å²) >= 11 is 0. The van der Waals surface area contributed by atoms with Gasteiger partial charge in [0, 0.05) is 35.9 Å². The summed E-state index contributed by atoms with van der Waals surface area (Å²) in [5.41, 5.74) is 4.40. The van der Waals surface area contributed by atoms with E-state index in [0.717, 1.165) is 47.6 Å². The summed E-state index contributed by atoms with van der Waals surface area (Å²) in [5.74, 6) is 1.85. The fourth-order valence-electron chi connectivity index (χ4n) is 5.23. The standard InChI is InChI=1S/C28H37NO4/c1-5-6-7-8-9-10-12-32-26-15-20-14-23(18(2)3)29-17-22(19(4)30)25(31)16-24(29)27(20)21-11-13-33-28(21)26/h15-18,23H,5-14H2,1-4H3. The molecule has 1 aromatic carbocycles. The fraction of sp³-hybridized carbons (Fsp3) is 0.571. The van der Waals surface area contributed by atoms with Gasteiger partial charge in [0.05, 0.1) is 24.5 Å². The number of unbranched alkanes of at least 4 members (excludes halogenated alkanes) is 5. The lowest BCUT2D eigenvalue weighted by Crippen LogP contribution is -2.28. The molecule has 1 unspecified atom stereocenters. The van der Waals surface area contributed by atoms with Crippen molar-refractivity contribution in [2.24, 2.45) is 5.92 Å². The summed E-state index contributed by atoms with van der Waals surface area (Å²) in [7, 11) is 0. The van der Waals surface area contributed by atoms with Gasteiger partial charge in [0.1, 0.15) is 0 Å². The molecular weight excluding hydrogens is 414 g/mol. The van der Waals surface area contributed by atoms with Crippen molar-refractivity contribution < 1.29 is 14.3 Å². The van der Waals surface area contributed by atoms with Gasteiger partial charge in [0.2, 0.25) is 0 Å². The van der Waals surface area contributed by atoms with Crippen LogP contribution >= 0.6 is 0 Å². The van der Waals surface area contributed by atoms with Crippen LogP contribution < -0.4 is 14.9 Å². The van der Waals surface area contributed by atoms with Crippen LogP contribution in [-0.4, -0.2) is 23.6 Å². The van der Waals surface area contributed by atoms with E-state index in [9.17, 15) is 9.59 Å². The van der Waals surface area contributed by atoms with E-state index in [2.05, 4.69) is 31.4 Å². The number of carbonyl (C=O) groups is 1. The monoisotopic (exact) mass is 451 g/mol. The first-order valence-corrected chi connectivity index (χ1v) is 12.6. The molecule has 0 bridgehead atoms. The third-order valence-corrected chi connectivity index (χ3v) is 7.05. The third-order valence-electron chi connectivity index (χ3n) is 7.05. The van der Waals surface area contributed by atoms with Crippen LogP contribution in [0.2, 0.25) is 0 Å². The minimum Gasteiger partial charge on any atom is -0.490 e. The number of aromatic nitrogens is 1. The quantitative estimate of drug-likeness (QED) is 0.321. The molecule has 2 aliphatic heterocycles. The van der Waals surface area contributed by atoms with E-state index in [4.69, 9.17) is 9.47 Å². The maximum atomic E-state index is 12.8. The van der Waals surface area contributed by atoms with E-state index in [1.54, 1.807) is 12.3 Å². The van der Waals surface area contributed by atoms with E-state index in [1.165, 1.54) is 44.6 Å². The molecule has 1 aromatic heterocycles. The number of rotatable bonds is 10. The first kappa shape index (κ1) is 23.6. The van der Waals surface area contributed by atoms with Crippen molar-refractivity contribution in [2.45, 2.75) is 85.1 Å². The Labute approximate surface area is 197 Å². The Kier molecular flexibility index (Phi) is 7.26. The highest BCUT2D eigenvalue weighted by molar-refractivity contribution is 5.94. The molecule has 0 spiro atoms. The van der Waals surface area contributed by atoms with Gasteiger partial charge in [0.15, 0.2) is 22.7 Å². The zero-order valence-electron chi connectivity index (χ0n) is 20.5. The number of benzene rings is 1. The molecule has 4 rings (SSSR count). The number of fused-ring (bicyclic) bond motifs is 5. The number of ether oxygens (including phenoxy) is 2. The number of pyridine rings is 1. The molecule has 0 radical (unpaired) electrons. The molecule has 0 amide bonds. The lowest BCUT2D eigenvalue weighted by molar-refractivity contribution is 0.101. The van der Waals surface area contributed by atoms with Crippen LogP contribution in [0.5, 0.6) is 11.5 Å². The SMILES string of the molecule is CCCCCCCCOc1cc2c(c3c1OCC3)-c1cc(=O)c(C(C)=O)cn1C(C(C)C)C2. The average Bonchev–Trinajstić information content (AvgIpc) is 3.27. The molecule has 0 N–H and O–H groups in total. The molecule has 2 aromatic rings. The van der Waals surface area contributed by atoms with Crippen molar-refractivity contribution >= 4 is 5.78 Å². The maximum absolute atomic E-state index is 12.8. The van der Waals surface area contributed by atoms with Gasteiger partial charge in [-0.25, -0.2) is 0 Å². The normalized spacial score (nSPS) is 16.2. The highest BCUT2D eigenvalue weighted by Gasteiger charge is 2.33. The first-order chi connectivity index (χ1) is 15.9. The molecule has 5 nitrogen and oxygen atoms in total. The van der Waals surface area contributed by atoms with Gasteiger partial charge in [-0.05, 0) is 37.3 Å². The summed E-state index contributed by atoms with van der Waals surface area (Å²) in [6.07, 6.45) is 10.8. The molecular formula is C28H37NO4. The largest absolute Gasteiger partial charge is 0.490 e. The molecule has 0 fully saturated rings. The Morgan fingerprint density at radius 2 is 1.94 bits per heavy atom. The van der Waals surface area contributed by atoms with Crippen molar-refractivity contribution in [3.8, 4) is 22.8 Å². The predicted molar refractivity (Wildman–Crippen MR) is 132 cm³/mol. The lowest BCUT2D eigenvalue weighted by Gasteiger charge is -2.34. The molecule has 33 heavy (non-hydrogen) atoms. The van der Waals surface area contributed by atoms with Crippen LogP contribution in [0, 0.1) is 5.92 Å². The van der Waals surface area contributed by atoms with Crippen molar-refractivity contribution in [1.29, 1.82) is 0 Å². The summed E-state index contributed by atoms with van der Waals surface area (Å²) in [4.78, 5) is 24.8. The summed E-state index contributed by atoms with van der Waals surface area (Å²) < 4.78 is 14.4. The van der Waals surface area contributed by atoms with Crippen LogP contribution in [0.25, 0.3) is 11.3 Å². The summed E-state index contributed by atoms with van der Waals surface area (Å²) in [6, 6.07) is 3.97. The van der Waals surface area contributed by atoms with Crippen LogP contribution in [0.15, 0.2) is 23.1 Å². The minimum atomic E-state index is -0.208. The predicted octanol–water partition coefficient (Wildman–Crippen LogP) is 6.15. The molecule has 0 saturated carbocycles. The number of Topliss-reactive ketones (excluding diaryl/α,β-unsaturated/α-hetero) is 1. The highest BCUT2D eigenvalue weighted by Crippen LogP contribution is 2.48. The minimum absolute atomic E-state index is 0.179. The van der Waals surface area contributed by atoms with E-state index < -0.39 is 0 Å². The third kappa shape index (κ3) is 4.73. The number of carbonyl (C=O) groups excluding carboxylic acids is 1. The Balaban J connectivity index is 1.67. The van der Waals surface area contributed by atoms with Crippen LogP contribution in [0.3, 0.4) is 0 Å². The van der Waals surface area contributed by atoms with Gasteiger partial charge in [0.25, 0.3) is 0 Å². The summed E-state index contributed by atoms with van der Waals surface area (Å²) in [6.45, 7) is 9.41. The van der Waals surface area contributed by atoms with Crippen molar-refractivity contribution in [3.05, 3.63) is 45.2 Å². The topological polar surface area (TPSA) is 57.5 Å². The Morgan fingerprint density at radius 3 is 2.67 bits per heavy atom. The average molecular weight is 452 g/mol. The number of hydrogen-bond acceptors (Lipinski definition) is 4. The van der Waals surface area contributed by atoms with E-state index in [0.29, 0.717) is 19.1 Å². The van der Waals surface area contributed by atoms with Crippen LogP contribution in [-0.2, 0) is 12.8 Å². The van der Waals surface area contributed by atoms with Gasteiger partial charge in [-0.2, -0.15) is 0 Å². The fourth-order valence-corrected chi connectivity index (χ4v) is 5.23. The van der Waals surface area contributed by atoms with Crippen LogP contribution in [0.4, 0.5) is 0 Å². The second-order valence-electron chi connectivity index (χ2n) is 9.85. The Hall–Kier alpha value is -2.56. The van der Waals surface area contributed by atoms with E-state index in [-0.39, 0.29) is 22.8 Å². The molecule has 5 heteroatoms. The van der Waals surface area contributed by atoms with Gasteiger partial charge in [-0.3, -0.25) is 9.59 Å². The zero-order valence-corrected chi connectivity index (χ0v) is 20.5. The second kappa shape index (κ2) is 10.1. The van der Waals surface area contributed by atoms with Gasteiger partial charge in [-0.1, -0.05) is 52.9 Å². The molecule has 0 saturated heterocycles. The van der Waals surface area contributed by atoms with E-state index in [1.807, 2.05) is 0 Å². The second-order valence-corrected chi connectivity index (χ2v) is 9.85. The molecule has 0 aliphatic carbocycles. The van der Waals surface area contributed by atoms with Crippen molar-refractivity contribution in [2.75, 3.05) is 13.2 Å². The van der Waals surface area contributed by atoms with Gasteiger partial charge >= 0.3 is 0 Å². The number of nitrogens with zero attached hydrogens (tertiary/aromatic N) is 1. The smallest absolute Gasteiger partial charge is 0.192 e. The summed E-state index contributed by atoms with van der Waals surface area (Å²) in [5, 5.41) is 0. The van der Waals surface area contributed by atoms with Gasteiger partial charge < -0.3 is 14.0 Å². The number of hydrogen-bond donors (Lipinski definition) is 0. The van der Waals surface area contributed by atoms with Gasteiger partial charge in [-0.15, -0.1) is 0 Å². The maximum Gasteiger partial charge on any atom is 0.192 e. The van der Waals surface area contributed by atoms with Crippen molar-refractivity contribution in [1.82, 2.24) is 4.57 Å². The molecule has 3 heterocycles. The Morgan fingerprint density at radius 1 is 1.18 bits per heavy atom. The molecule has 1 atom stereocenters. The molecule has 178 valence electrons. The van der Waals surface area contributed by atoms with Crippen LogP contribution in [0.1, 0.15) is 93.7 Å². The lowest BCUT2D eigenvalue weighted by atomic mass is 9.84.